The first-order valence-corrected chi connectivity index (χ1v) is 6.03. The van der Waals surface area contributed by atoms with Gasteiger partial charge in [0.2, 0.25) is 0 Å². The van der Waals surface area contributed by atoms with Crippen LogP contribution in [0.3, 0.4) is 0 Å². The highest BCUT2D eigenvalue weighted by Gasteiger charge is 2.13. The Bertz CT molecular complexity index is 555. The van der Waals surface area contributed by atoms with Crippen LogP contribution in [-0.2, 0) is 6.54 Å². The number of hydrogen-bond donors (Lipinski definition) is 2. The molecule has 0 bridgehead atoms. The summed E-state index contributed by atoms with van der Waals surface area (Å²) in [5.41, 5.74) is 1.26. The van der Waals surface area contributed by atoms with E-state index in [0.29, 0.717) is 12.1 Å². The minimum atomic E-state index is -0.837. The first-order chi connectivity index (χ1) is 9.08. The number of phenols is 1. The van der Waals surface area contributed by atoms with Crippen LogP contribution < -0.4 is 5.32 Å². The quantitative estimate of drug-likeness (QED) is 0.884. The highest BCUT2D eigenvalue weighted by atomic mass is 19.2. The van der Waals surface area contributed by atoms with E-state index in [1.165, 1.54) is 6.07 Å². The van der Waals surface area contributed by atoms with E-state index in [2.05, 4.69) is 5.32 Å². The Morgan fingerprint density at radius 3 is 2.47 bits per heavy atom. The number of halogens is 2. The topological polar surface area (TPSA) is 32.3 Å². The molecule has 0 radical (unpaired) electrons. The van der Waals surface area contributed by atoms with E-state index < -0.39 is 11.6 Å². The first-order valence-electron chi connectivity index (χ1n) is 6.03. The van der Waals surface area contributed by atoms with Crippen molar-refractivity contribution in [3.63, 3.8) is 0 Å². The molecular weight excluding hydrogens is 248 g/mol. The molecule has 4 heteroatoms. The second-order valence-electron chi connectivity index (χ2n) is 4.41. The summed E-state index contributed by atoms with van der Waals surface area (Å²) in [7, 11) is 0. The molecule has 1 atom stereocenters. The minimum absolute atomic E-state index is 0.202. The number of aromatic hydroxyl groups is 1. The van der Waals surface area contributed by atoms with Gasteiger partial charge in [-0.05, 0) is 30.7 Å². The molecular formula is C15H15F2NO. The second kappa shape index (κ2) is 5.80. The average molecular weight is 263 g/mol. The fraction of sp³-hybridized carbons (Fsp3) is 0.200. The van der Waals surface area contributed by atoms with Gasteiger partial charge in [0.1, 0.15) is 5.75 Å². The maximum atomic E-state index is 13.6. The van der Waals surface area contributed by atoms with Gasteiger partial charge in [-0.1, -0.05) is 24.3 Å². The molecule has 0 aromatic heterocycles. The molecule has 0 saturated heterocycles. The van der Waals surface area contributed by atoms with Crippen molar-refractivity contribution in [3.05, 3.63) is 65.2 Å². The Labute approximate surface area is 110 Å². The summed E-state index contributed by atoms with van der Waals surface area (Å²) in [6.45, 7) is 2.29. The van der Waals surface area contributed by atoms with Gasteiger partial charge in [0.15, 0.2) is 11.6 Å². The molecule has 0 aliphatic carbocycles. The molecule has 2 N–H and O–H groups in total. The number of phenolic OH excluding ortho intramolecular Hbond substituents is 1. The van der Waals surface area contributed by atoms with Gasteiger partial charge in [-0.15, -0.1) is 0 Å². The van der Waals surface area contributed by atoms with Crippen molar-refractivity contribution in [1.29, 1.82) is 0 Å². The highest BCUT2D eigenvalue weighted by molar-refractivity contribution is 5.26. The van der Waals surface area contributed by atoms with Crippen LogP contribution in [0.1, 0.15) is 24.1 Å². The summed E-state index contributed by atoms with van der Waals surface area (Å²) in [6.07, 6.45) is 0. The Hall–Kier alpha value is -1.94. The smallest absolute Gasteiger partial charge is 0.163 e. The van der Waals surface area contributed by atoms with Crippen molar-refractivity contribution in [3.8, 4) is 5.75 Å². The molecule has 0 aliphatic heterocycles. The van der Waals surface area contributed by atoms with Crippen molar-refractivity contribution in [1.82, 2.24) is 5.32 Å². The Kier molecular flexibility index (Phi) is 4.12. The third-order valence-corrected chi connectivity index (χ3v) is 3.00. The maximum Gasteiger partial charge on any atom is 0.163 e. The lowest BCUT2D eigenvalue weighted by Gasteiger charge is -2.15. The van der Waals surface area contributed by atoms with E-state index in [4.69, 9.17) is 5.11 Å². The molecule has 0 amide bonds. The van der Waals surface area contributed by atoms with Gasteiger partial charge in [-0.3, -0.25) is 0 Å². The van der Waals surface area contributed by atoms with Crippen molar-refractivity contribution < 1.29 is 13.9 Å². The lowest BCUT2D eigenvalue weighted by molar-refractivity contribution is 0.470. The van der Waals surface area contributed by atoms with E-state index in [-0.39, 0.29) is 11.8 Å². The lowest BCUT2D eigenvalue weighted by Crippen LogP contribution is -2.19. The number of benzene rings is 2. The third kappa shape index (κ3) is 3.29. The molecule has 2 nitrogen and oxygen atoms in total. The van der Waals surface area contributed by atoms with Crippen LogP contribution in [-0.4, -0.2) is 5.11 Å². The zero-order valence-electron chi connectivity index (χ0n) is 10.5. The molecule has 0 spiro atoms. The van der Waals surface area contributed by atoms with Crippen molar-refractivity contribution >= 4 is 0 Å². The minimum Gasteiger partial charge on any atom is -0.508 e. The third-order valence-electron chi connectivity index (χ3n) is 3.00. The Morgan fingerprint density at radius 2 is 1.79 bits per heavy atom. The number of rotatable bonds is 4. The van der Waals surface area contributed by atoms with Crippen LogP contribution in [0.5, 0.6) is 5.75 Å². The zero-order valence-corrected chi connectivity index (χ0v) is 10.5. The van der Waals surface area contributed by atoms with E-state index in [9.17, 15) is 8.78 Å². The van der Waals surface area contributed by atoms with Gasteiger partial charge in [0.05, 0.1) is 0 Å². The van der Waals surface area contributed by atoms with E-state index in [1.807, 2.05) is 0 Å². The molecule has 0 heterocycles. The highest BCUT2D eigenvalue weighted by Crippen LogP contribution is 2.19. The molecule has 2 aromatic rings. The van der Waals surface area contributed by atoms with E-state index in [0.717, 1.165) is 11.6 Å². The van der Waals surface area contributed by atoms with E-state index in [1.54, 1.807) is 37.3 Å². The van der Waals surface area contributed by atoms with Crippen molar-refractivity contribution in [2.75, 3.05) is 0 Å². The van der Waals surface area contributed by atoms with Crippen LogP contribution in [0.4, 0.5) is 8.78 Å². The summed E-state index contributed by atoms with van der Waals surface area (Å²) in [4.78, 5) is 0. The SMILES string of the molecule is CC(NCc1ccc(O)cc1)c1cccc(F)c1F. The van der Waals surface area contributed by atoms with Gasteiger partial charge in [0, 0.05) is 18.2 Å². The molecule has 100 valence electrons. The van der Waals surface area contributed by atoms with Gasteiger partial charge >= 0.3 is 0 Å². The van der Waals surface area contributed by atoms with Crippen LogP contribution in [0.15, 0.2) is 42.5 Å². The molecule has 19 heavy (non-hydrogen) atoms. The predicted octanol–water partition coefficient (Wildman–Crippen LogP) is 3.52. The number of nitrogens with one attached hydrogen (secondary N) is 1. The summed E-state index contributed by atoms with van der Waals surface area (Å²) >= 11 is 0. The lowest BCUT2D eigenvalue weighted by atomic mass is 10.1. The summed E-state index contributed by atoms with van der Waals surface area (Å²) in [6, 6.07) is 10.6. The van der Waals surface area contributed by atoms with Gasteiger partial charge in [-0.25, -0.2) is 8.78 Å². The molecule has 0 fully saturated rings. The normalized spacial score (nSPS) is 12.4. The van der Waals surface area contributed by atoms with Crippen LogP contribution in [0.2, 0.25) is 0 Å². The van der Waals surface area contributed by atoms with E-state index >= 15 is 0 Å². The fourth-order valence-electron chi connectivity index (χ4n) is 1.85. The molecule has 0 aliphatic rings. The largest absolute Gasteiger partial charge is 0.508 e. The molecule has 2 rings (SSSR count). The van der Waals surface area contributed by atoms with Crippen LogP contribution in [0, 0.1) is 11.6 Å². The van der Waals surface area contributed by atoms with Crippen LogP contribution in [0.25, 0.3) is 0 Å². The van der Waals surface area contributed by atoms with Crippen LogP contribution >= 0.6 is 0 Å². The van der Waals surface area contributed by atoms with Crippen molar-refractivity contribution in [2.45, 2.75) is 19.5 Å². The summed E-state index contributed by atoms with van der Waals surface area (Å²) < 4.78 is 26.7. The van der Waals surface area contributed by atoms with Gasteiger partial charge in [-0.2, -0.15) is 0 Å². The first kappa shape index (κ1) is 13.5. The molecule has 2 aromatic carbocycles. The Balaban J connectivity index is 2.03. The standard InChI is InChI=1S/C15H15F2NO/c1-10(13-3-2-4-14(16)15(13)17)18-9-11-5-7-12(19)8-6-11/h2-8,10,18-19H,9H2,1H3. The monoisotopic (exact) mass is 263 g/mol. The van der Waals surface area contributed by atoms with Gasteiger partial charge in [0.25, 0.3) is 0 Å². The maximum absolute atomic E-state index is 13.6. The van der Waals surface area contributed by atoms with Crippen molar-refractivity contribution in [2.24, 2.45) is 0 Å². The average Bonchev–Trinajstić information content (AvgIpc) is 2.41. The predicted molar refractivity (Wildman–Crippen MR) is 69.7 cm³/mol. The molecule has 0 saturated carbocycles. The number of hydrogen-bond acceptors (Lipinski definition) is 2. The summed E-state index contributed by atoms with van der Waals surface area (Å²) in [5, 5.41) is 12.3. The fourth-order valence-corrected chi connectivity index (χ4v) is 1.85. The second-order valence-corrected chi connectivity index (χ2v) is 4.41. The zero-order chi connectivity index (χ0) is 13.8. The molecule has 1 unspecified atom stereocenters. The Morgan fingerprint density at radius 1 is 1.11 bits per heavy atom. The summed E-state index contributed by atoms with van der Waals surface area (Å²) in [5.74, 6) is -1.45. The van der Waals surface area contributed by atoms with Gasteiger partial charge < -0.3 is 10.4 Å².